The minimum atomic E-state index is 0.0575. The van der Waals surface area contributed by atoms with Crippen molar-refractivity contribution in [1.29, 1.82) is 0 Å². The van der Waals surface area contributed by atoms with Gasteiger partial charge in [0.05, 0.1) is 11.9 Å². The second-order valence-electron chi connectivity index (χ2n) is 7.55. The van der Waals surface area contributed by atoms with Gasteiger partial charge in [0.1, 0.15) is 5.82 Å². The Balaban J connectivity index is 1.52. The van der Waals surface area contributed by atoms with Crippen molar-refractivity contribution in [3.8, 4) is 17.1 Å². The summed E-state index contributed by atoms with van der Waals surface area (Å²) in [4.78, 5) is 18.4. The summed E-state index contributed by atoms with van der Waals surface area (Å²) in [6.45, 7) is 5.15. The van der Waals surface area contributed by atoms with Crippen molar-refractivity contribution >= 4 is 11.6 Å². The van der Waals surface area contributed by atoms with Gasteiger partial charge in [-0.05, 0) is 49.9 Å². The van der Waals surface area contributed by atoms with Gasteiger partial charge >= 0.3 is 0 Å². The lowest BCUT2D eigenvalue weighted by atomic mass is 10.1. The van der Waals surface area contributed by atoms with E-state index in [4.69, 9.17) is 0 Å². The van der Waals surface area contributed by atoms with Crippen LogP contribution < -0.4 is 10.2 Å². The van der Waals surface area contributed by atoms with Gasteiger partial charge in [-0.25, -0.2) is 4.98 Å². The van der Waals surface area contributed by atoms with Crippen molar-refractivity contribution in [2.24, 2.45) is 0 Å². The van der Waals surface area contributed by atoms with Crippen LogP contribution in [0.5, 0.6) is 0 Å². The number of anilines is 1. The summed E-state index contributed by atoms with van der Waals surface area (Å²) < 4.78 is 3.95. The Morgan fingerprint density at radius 3 is 2.79 bits per heavy atom. The molecular formula is C22H28N6O. The van der Waals surface area contributed by atoms with Gasteiger partial charge in [-0.15, -0.1) is 0 Å². The van der Waals surface area contributed by atoms with Crippen LogP contribution in [0.15, 0.2) is 43.0 Å². The summed E-state index contributed by atoms with van der Waals surface area (Å²) in [6, 6.07) is 6.65. The predicted molar refractivity (Wildman–Crippen MR) is 114 cm³/mol. The summed E-state index contributed by atoms with van der Waals surface area (Å²) >= 11 is 0. The normalized spacial score (nSPS) is 13.8. The zero-order chi connectivity index (χ0) is 20.2. The topological polar surface area (TPSA) is 68.0 Å². The minimum absolute atomic E-state index is 0.0575. The standard InChI is InChI=1S/C22H28N6O/c1-17-14-18(26-10-3-4-11-26)7-8-20(17)22-24-9-13-28(22)19-15-25-27(16-19)12-5-6-21(29)23-2/h7-9,13-16H,3-6,10-12H2,1-2H3,(H,23,29). The molecule has 7 nitrogen and oxygen atoms in total. The highest BCUT2D eigenvalue weighted by Crippen LogP contribution is 2.29. The van der Waals surface area contributed by atoms with Gasteiger partial charge in [-0.1, -0.05) is 0 Å². The fraction of sp³-hybridized carbons (Fsp3) is 0.409. The van der Waals surface area contributed by atoms with Gasteiger partial charge in [-0.3, -0.25) is 14.0 Å². The smallest absolute Gasteiger partial charge is 0.219 e. The van der Waals surface area contributed by atoms with E-state index in [0.717, 1.165) is 36.6 Å². The molecule has 7 heteroatoms. The Kier molecular flexibility index (Phi) is 5.64. The van der Waals surface area contributed by atoms with Crippen LogP contribution in [0.4, 0.5) is 5.69 Å². The molecule has 1 saturated heterocycles. The molecule has 1 aromatic carbocycles. The lowest BCUT2D eigenvalue weighted by Crippen LogP contribution is -2.17. The maximum atomic E-state index is 11.4. The van der Waals surface area contributed by atoms with E-state index in [9.17, 15) is 4.79 Å². The molecule has 0 unspecified atom stereocenters. The van der Waals surface area contributed by atoms with E-state index in [1.807, 2.05) is 29.5 Å². The fourth-order valence-electron chi connectivity index (χ4n) is 3.91. The van der Waals surface area contributed by atoms with Crippen LogP contribution >= 0.6 is 0 Å². The largest absolute Gasteiger partial charge is 0.372 e. The number of aryl methyl sites for hydroxylation is 2. The highest BCUT2D eigenvalue weighted by Gasteiger charge is 2.16. The van der Waals surface area contributed by atoms with Crippen LogP contribution in [0.25, 0.3) is 17.1 Å². The average Bonchev–Trinajstić information content (AvgIpc) is 3.48. The molecule has 29 heavy (non-hydrogen) atoms. The third-order valence-electron chi connectivity index (χ3n) is 5.53. The van der Waals surface area contributed by atoms with Gasteiger partial charge in [0.25, 0.3) is 0 Å². The molecule has 0 atom stereocenters. The Labute approximate surface area is 171 Å². The third kappa shape index (κ3) is 4.18. The Morgan fingerprint density at radius 2 is 2.03 bits per heavy atom. The van der Waals surface area contributed by atoms with Gasteiger partial charge < -0.3 is 10.2 Å². The monoisotopic (exact) mass is 392 g/mol. The molecule has 2 aromatic heterocycles. The lowest BCUT2D eigenvalue weighted by Gasteiger charge is -2.19. The number of benzene rings is 1. The highest BCUT2D eigenvalue weighted by molar-refractivity contribution is 5.75. The van der Waals surface area contributed by atoms with E-state index in [1.165, 1.54) is 24.1 Å². The van der Waals surface area contributed by atoms with Gasteiger partial charge in [-0.2, -0.15) is 5.10 Å². The summed E-state index contributed by atoms with van der Waals surface area (Å²) in [7, 11) is 1.66. The van der Waals surface area contributed by atoms with Crippen molar-refractivity contribution in [3.63, 3.8) is 0 Å². The summed E-state index contributed by atoms with van der Waals surface area (Å²) in [5.74, 6) is 0.975. The predicted octanol–water partition coefficient (Wildman–Crippen LogP) is 3.17. The number of aromatic nitrogens is 4. The zero-order valence-corrected chi connectivity index (χ0v) is 17.1. The molecule has 4 rings (SSSR count). The van der Waals surface area contributed by atoms with E-state index in [0.29, 0.717) is 13.0 Å². The highest BCUT2D eigenvalue weighted by atomic mass is 16.1. The summed E-state index contributed by atoms with van der Waals surface area (Å²) in [6.07, 6.45) is 11.5. The van der Waals surface area contributed by atoms with E-state index in [2.05, 4.69) is 50.0 Å². The van der Waals surface area contributed by atoms with Gasteiger partial charge in [0.2, 0.25) is 5.91 Å². The number of nitrogens with one attached hydrogen (secondary N) is 1. The molecule has 3 aromatic rings. The SMILES string of the molecule is CNC(=O)CCCn1cc(-n2ccnc2-c2ccc(N3CCCC3)cc2C)cn1. The quantitative estimate of drug-likeness (QED) is 0.671. The van der Waals surface area contributed by atoms with E-state index < -0.39 is 0 Å². The molecule has 1 N–H and O–H groups in total. The van der Waals surface area contributed by atoms with Crippen LogP contribution in [-0.4, -0.2) is 45.4 Å². The lowest BCUT2D eigenvalue weighted by molar-refractivity contribution is -0.120. The number of carbonyl (C=O) groups excluding carboxylic acids is 1. The van der Waals surface area contributed by atoms with E-state index >= 15 is 0 Å². The summed E-state index contributed by atoms with van der Waals surface area (Å²) in [5.41, 5.74) is 4.62. The van der Waals surface area contributed by atoms with Crippen molar-refractivity contribution in [2.75, 3.05) is 25.0 Å². The third-order valence-corrected chi connectivity index (χ3v) is 5.53. The fourth-order valence-corrected chi connectivity index (χ4v) is 3.91. The molecule has 152 valence electrons. The number of imidazole rings is 1. The number of hydrogen-bond donors (Lipinski definition) is 1. The van der Waals surface area contributed by atoms with Crippen LogP contribution in [0.1, 0.15) is 31.2 Å². The first-order valence-electron chi connectivity index (χ1n) is 10.3. The van der Waals surface area contributed by atoms with Crippen LogP contribution in [0.3, 0.4) is 0 Å². The van der Waals surface area contributed by atoms with Gasteiger partial charge in [0.15, 0.2) is 0 Å². The molecule has 0 radical (unpaired) electrons. The van der Waals surface area contributed by atoms with E-state index in [-0.39, 0.29) is 5.91 Å². The molecule has 0 saturated carbocycles. The first kappa shape index (κ1) is 19.2. The second-order valence-corrected chi connectivity index (χ2v) is 7.55. The second kappa shape index (κ2) is 8.51. The average molecular weight is 393 g/mol. The van der Waals surface area contributed by atoms with E-state index in [1.54, 1.807) is 7.05 Å². The van der Waals surface area contributed by atoms with Crippen LogP contribution in [0, 0.1) is 6.92 Å². The van der Waals surface area contributed by atoms with Crippen molar-refractivity contribution in [1.82, 2.24) is 24.6 Å². The van der Waals surface area contributed by atoms with Crippen molar-refractivity contribution in [3.05, 3.63) is 48.5 Å². The minimum Gasteiger partial charge on any atom is -0.372 e. The molecule has 3 heterocycles. The molecule has 0 spiro atoms. The molecule has 0 aliphatic carbocycles. The number of hydrogen-bond acceptors (Lipinski definition) is 4. The molecule has 1 aliphatic heterocycles. The van der Waals surface area contributed by atoms with Crippen LogP contribution in [-0.2, 0) is 11.3 Å². The van der Waals surface area contributed by atoms with Crippen LogP contribution in [0.2, 0.25) is 0 Å². The number of amides is 1. The molecule has 1 fully saturated rings. The zero-order valence-electron chi connectivity index (χ0n) is 17.1. The number of rotatable bonds is 7. The Hall–Kier alpha value is -3.09. The maximum absolute atomic E-state index is 11.4. The molecular weight excluding hydrogens is 364 g/mol. The Morgan fingerprint density at radius 1 is 1.21 bits per heavy atom. The Bertz CT molecular complexity index is 983. The first-order valence-corrected chi connectivity index (χ1v) is 10.3. The number of nitrogens with zero attached hydrogens (tertiary/aromatic N) is 5. The van der Waals surface area contributed by atoms with Gasteiger partial charge in [0, 0.05) is 62.9 Å². The molecule has 1 amide bonds. The summed E-state index contributed by atoms with van der Waals surface area (Å²) in [5, 5.41) is 7.10. The van der Waals surface area contributed by atoms with Crippen molar-refractivity contribution in [2.45, 2.75) is 39.2 Å². The van der Waals surface area contributed by atoms with Crippen molar-refractivity contribution < 1.29 is 4.79 Å². The maximum Gasteiger partial charge on any atom is 0.219 e. The number of carbonyl (C=O) groups is 1. The molecule has 0 bridgehead atoms. The molecule has 1 aliphatic rings. The first-order chi connectivity index (χ1) is 14.2.